The predicted molar refractivity (Wildman–Crippen MR) is 108 cm³/mol. The highest BCUT2D eigenvalue weighted by atomic mass is 28.4. The molecule has 1 fully saturated rings. The number of anilines is 1. The molecule has 0 bridgehead atoms. The fourth-order valence-electron chi connectivity index (χ4n) is 3.57. The molecule has 1 aromatic rings. The normalized spacial score (nSPS) is 25.6. The summed E-state index contributed by atoms with van der Waals surface area (Å²) in [6, 6.07) is 7.49. The number of ketones is 1. The van der Waals surface area contributed by atoms with Gasteiger partial charge in [-0.1, -0.05) is 39.0 Å². The molecule has 6 heteroatoms. The number of hydrogen-bond donors (Lipinski definition) is 1. The molecule has 2 aliphatic heterocycles. The summed E-state index contributed by atoms with van der Waals surface area (Å²) in [4.78, 5) is 25.1. The first-order valence-corrected chi connectivity index (χ1v) is 12.7. The van der Waals surface area contributed by atoms with E-state index >= 15 is 0 Å². The van der Waals surface area contributed by atoms with Crippen molar-refractivity contribution in [2.45, 2.75) is 76.3 Å². The van der Waals surface area contributed by atoms with Gasteiger partial charge in [0.15, 0.2) is 13.9 Å². The zero-order valence-electron chi connectivity index (χ0n) is 17.1. The first-order chi connectivity index (χ1) is 12.6. The van der Waals surface area contributed by atoms with Gasteiger partial charge in [-0.2, -0.15) is 0 Å². The molecule has 3 rings (SSSR count). The minimum Gasteiger partial charge on any atom is -0.417 e. The number of rotatable bonds is 5. The van der Waals surface area contributed by atoms with Crippen LogP contribution in [0.5, 0.6) is 0 Å². The monoisotopic (exact) mass is 389 g/mol. The van der Waals surface area contributed by atoms with E-state index in [0.29, 0.717) is 13.0 Å². The van der Waals surface area contributed by atoms with Gasteiger partial charge in [-0.15, -0.1) is 0 Å². The van der Waals surface area contributed by atoms with Gasteiger partial charge in [0.05, 0.1) is 6.10 Å². The molecule has 0 unspecified atom stereocenters. The van der Waals surface area contributed by atoms with Crippen molar-refractivity contribution in [2.24, 2.45) is 0 Å². The maximum absolute atomic E-state index is 12.7. The third-order valence-corrected chi connectivity index (χ3v) is 10.7. The van der Waals surface area contributed by atoms with Crippen LogP contribution in [0.4, 0.5) is 5.69 Å². The Bertz CT molecular complexity index is 740. The summed E-state index contributed by atoms with van der Waals surface area (Å²) in [6.45, 7) is 11.8. The molecule has 27 heavy (non-hydrogen) atoms. The first-order valence-electron chi connectivity index (χ1n) is 9.80. The third kappa shape index (κ3) is 3.88. The predicted octanol–water partition coefficient (Wildman–Crippen LogP) is 4.38. The van der Waals surface area contributed by atoms with Crippen molar-refractivity contribution in [2.75, 3.05) is 11.9 Å². The quantitative estimate of drug-likeness (QED) is 0.599. The molecule has 2 aliphatic rings. The van der Waals surface area contributed by atoms with Gasteiger partial charge in [-0.05, 0) is 37.0 Å². The number of hydrogen-bond acceptors (Lipinski definition) is 4. The van der Waals surface area contributed by atoms with E-state index in [2.05, 4.69) is 39.2 Å². The van der Waals surface area contributed by atoms with Crippen LogP contribution >= 0.6 is 0 Å². The number of nitrogens with one attached hydrogen (secondary N) is 1. The first kappa shape index (κ1) is 20.2. The van der Waals surface area contributed by atoms with Crippen LogP contribution < -0.4 is 5.32 Å². The van der Waals surface area contributed by atoms with Gasteiger partial charge >= 0.3 is 0 Å². The summed E-state index contributed by atoms with van der Waals surface area (Å²) < 4.78 is 12.5. The molecule has 5 nitrogen and oxygen atoms in total. The van der Waals surface area contributed by atoms with Gasteiger partial charge < -0.3 is 14.5 Å². The molecule has 0 radical (unpaired) electrons. The molecule has 1 aromatic carbocycles. The molecule has 148 valence electrons. The van der Waals surface area contributed by atoms with Gasteiger partial charge in [0.25, 0.3) is 5.91 Å². The fourth-order valence-corrected chi connectivity index (χ4v) is 4.66. The Morgan fingerprint density at radius 3 is 2.67 bits per heavy atom. The largest absolute Gasteiger partial charge is 0.417 e. The van der Waals surface area contributed by atoms with E-state index in [1.165, 1.54) is 0 Å². The highest BCUT2D eigenvalue weighted by Crippen LogP contribution is 2.45. The molecule has 1 spiro atoms. The van der Waals surface area contributed by atoms with E-state index < -0.39 is 13.9 Å². The Morgan fingerprint density at radius 1 is 1.26 bits per heavy atom. The van der Waals surface area contributed by atoms with Crippen molar-refractivity contribution < 1.29 is 18.8 Å². The van der Waals surface area contributed by atoms with Crippen molar-refractivity contribution in [3.8, 4) is 0 Å². The molecule has 0 saturated carbocycles. The van der Waals surface area contributed by atoms with Crippen LogP contribution in [-0.4, -0.2) is 32.7 Å². The summed E-state index contributed by atoms with van der Waals surface area (Å²) in [5.41, 5.74) is 0.374. The second-order valence-electron chi connectivity index (χ2n) is 9.24. The van der Waals surface area contributed by atoms with Crippen molar-refractivity contribution in [1.29, 1.82) is 0 Å². The van der Waals surface area contributed by atoms with E-state index in [9.17, 15) is 9.59 Å². The summed E-state index contributed by atoms with van der Waals surface area (Å²) in [5, 5.41) is 3.05. The topological polar surface area (TPSA) is 64.6 Å². The Balaban J connectivity index is 1.64. The minimum atomic E-state index is -1.77. The van der Waals surface area contributed by atoms with Crippen molar-refractivity contribution >= 4 is 25.7 Å². The Hall–Kier alpha value is -1.50. The average Bonchev–Trinajstić information content (AvgIpc) is 2.82. The summed E-state index contributed by atoms with van der Waals surface area (Å²) in [5.74, 6) is -0.136. The number of carbonyl (C=O) groups is 2. The third-order valence-electron chi connectivity index (χ3n) is 6.19. The summed E-state index contributed by atoms with van der Waals surface area (Å²) in [7, 11) is -1.77. The van der Waals surface area contributed by atoms with Crippen LogP contribution in [0.15, 0.2) is 24.3 Å². The lowest BCUT2D eigenvalue weighted by atomic mass is 9.84. The van der Waals surface area contributed by atoms with Crippen LogP contribution in [0.25, 0.3) is 0 Å². The van der Waals surface area contributed by atoms with E-state index in [1.807, 2.05) is 24.3 Å². The number of carbonyl (C=O) groups excluding carboxylic acids is 2. The SMILES string of the molecule is CC(C)(C)[Si](C)(C)OCCC[C@H]1CC(=O)C[C@]2(O1)C(=O)Nc1ccccc12. The second kappa shape index (κ2) is 7.15. The Morgan fingerprint density at radius 2 is 1.96 bits per heavy atom. The Labute approximate surface area is 162 Å². The van der Waals surface area contributed by atoms with Gasteiger partial charge in [0, 0.05) is 30.7 Å². The van der Waals surface area contributed by atoms with Crippen molar-refractivity contribution in [3.05, 3.63) is 29.8 Å². The van der Waals surface area contributed by atoms with Gasteiger partial charge in [-0.3, -0.25) is 9.59 Å². The van der Waals surface area contributed by atoms with Crippen LogP contribution in [0.1, 0.15) is 52.0 Å². The number of para-hydroxylation sites is 1. The molecule has 1 amide bonds. The number of Topliss-reactive ketones (excluding diaryl/α,β-unsaturated/α-hetero) is 1. The lowest BCUT2D eigenvalue weighted by Gasteiger charge is -2.37. The fraction of sp³-hybridized carbons (Fsp3) is 0.619. The highest BCUT2D eigenvalue weighted by molar-refractivity contribution is 6.74. The molecule has 0 aromatic heterocycles. The van der Waals surface area contributed by atoms with E-state index in [1.54, 1.807) is 0 Å². The van der Waals surface area contributed by atoms with Crippen LogP contribution in [-0.2, 0) is 24.4 Å². The van der Waals surface area contributed by atoms with E-state index in [-0.39, 0.29) is 29.3 Å². The van der Waals surface area contributed by atoms with Crippen molar-refractivity contribution in [3.63, 3.8) is 0 Å². The summed E-state index contributed by atoms with van der Waals surface area (Å²) in [6.07, 6.45) is 1.79. The van der Waals surface area contributed by atoms with Gasteiger partial charge in [0.1, 0.15) is 5.78 Å². The molecule has 0 aliphatic carbocycles. The average molecular weight is 390 g/mol. The van der Waals surface area contributed by atoms with Crippen molar-refractivity contribution in [1.82, 2.24) is 0 Å². The number of fused-ring (bicyclic) bond motifs is 2. The molecular weight excluding hydrogens is 358 g/mol. The highest BCUT2D eigenvalue weighted by Gasteiger charge is 2.53. The lowest BCUT2D eigenvalue weighted by Crippen LogP contribution is -2.47. The second-order valence-corrected chi connectivity index (χ2v) is 14.0. The molecule has 1 saturated heterocycles. The summed E-state index contributed by atoms with van der Waals surface area (Å²) >= 11 is 0. The van der Waals surface area contributed by atoms with Crippen LogP contribution in [0.3, 0.4) is 0 Å². The standard InChI is InChI=1S/C21H31NO4Si/c1-20(2,3)27(4,5)25-12-8-9-16-13-15(23)14-21(26-16)17-10-6-7-11-18(17)22-19(21)24/h6-7,10-11,16H,8-9,12-14H2,1-5H3,(H,22,24)/t16-,21+/m0/s1. The molecule has 2 atom stereocenters. The zero-order chi connectivity index (χ0) is 19.9. The van der Waals surface area contributed by atoms with E-state index in [4.69, 9.17) is 9.16 Å². The van der Waals surface area contributed by atoms with Gasteiger partial charge in [-0.25, -0.2) is 0 Å². The Kier molecular flexibility index (Phi) is 5.36. The van der Waals surface area contributed by atoms with Gasteiger partial charge in [0.2, 0.25) is 0 Å². The molecule has 1 N–H and O–H groups in total. The van der Waals surface area contributed by atoms with E-state index in [0.717, 1.165) is 24.1 Å². The van der Waals surface area contributed by atoms with Crippen LogP contribution in [0, 0.1) is 0 Å². The van der Waals surface area contributed by atoms with Crippen LogP contribution in [0.2, 0.25) is 18.1 Å². The number of amides is 1. The zero-order valence-corrected chi connectivity index (χ0v) is 18.1. The maximum atomic E-state index is 12.7. The number of benzene rings is 1. The maximum Gasteiger partial charge on any atom is 0.261 e. The lowest BCUT2D eigenvalue weighted by molar-refractivity contribution is -0.170. The molecule has 2 heterocycles. The number of ether oxygens (including phenoxy) is 1. The minimum absolute atomic E-state index is 0.0865. The smallest absolute Gasteiger partial charge is 0.261 e. The molecular formula is C21H31NO4Si.